The predicted molar refractivity (Wildman–Crippen MR) is 84.2 cm³/mol. The van der Waals surface area contributed by atoms with Crippen LogP contribution >= 0.6 is 0 Å². The quantitative estimate of drug-likeness (QED) is 0.869. The molecule has 1 amide bonds. The van der Waals surface area contributed by atoms with Crippen LogP contribution in [0.5, 0.6) is 5.88 Å². The normalized spacial score (nSPS) is 21.6. The van der Waals surface area contributed by atoms with Crippen molar-refractivity contribution in [2.75, 3.05) is 20.1 Å². The third-order valence-corrected chi connectivity index (χ3v) is 3.96. The molecule has 0 unspecified atom stereocenters. The van der Waals surface area contributed by atoms with Crippen molar-refractivity contribution in [2.24, 2.45) is 12.8 Å². The molecule has 2 atom stereocenters. The van der Waals surface area contributed by atoms with Crippen LogP contribution in [0.4, 0.5) is 4.39 Å². The van der Waals surface area contributed by atoms with Gasteiger partial charge in [0.1, 0.15) is 23.5 Å². The first kappa shape index (κ1) is 16.3. The van der Waals surface area contributed by atoms with Gasteiger partial charge in [-0.25, -0.2) is 9.37 Å². The molecule has 0 spiro atoms. The number of hydrogen-bond acceptors (Lipinski definition) is 6. The van der Waals surface area contributed by atoms with E-state index in [-0.39, 0.29) is 18.0 Å². The number of aromatic nitrogens is 4. The summed E-state index contributed by atoms with van der Waals surface area (Å²) >= 11 is 0. The summed E-state index contributed by atoms with van der Waals surface area (Å²) in [6.45, 7) is 1.00. The summed E-state index contributed by atoms with van der Waals surface area (Å²) in [4.78, 5) is 17.8. The maximum atomic E-state index is 14.1. The van der Waals surface area contributed by atoms with Gasteiger partial charge in [0.25, 0.3) is 5.91 Å². The first-order valence-electron chi connectivity index (χ1n) is 7.60. The number of halogens is 1. The Morgan fingerprint density at radius 1 is 1.46 bits per heavy atom. The molecule has 2 N–H and O–H groups in total. The van der Waals surface area contributed by atoms with Crippen LogP contribution in [0.2, 0.25) is 0 Å². The van der Waals surface area contributed by atoms with Crippen LogP contribution in [0.15, 0.2) is 18.5 Å². The van der Waals surface area contributed by atoms with Gasteiger partial charge in [0.2, 0.25) is 5.88 Å². The molecule has 3 heterocycles. The number of nitrogens with two attached hydrogens (primary N) is 1. The van der Waals surface area contributed by atoms with E-state index in [1.165, 1.54) is 16.9 Å². The molecular weight excluding hydrogens is 315 g/mol. The van der Waals surface area contributed by atoms with Crippen molar-refractivity contribution < 1.29 is 13.9 Å². The highest BCUT2D eigenvalue weighted by Gasteiger charge is 2.30. The molecule has 0 radical (unpaired) electrons. The van der Waals surface area contributed by atoms with Gasteiger partial charge in [-0.05, 0) is 19.5 Å². The average Bonchev–Trinajstić information content (AvgIpc) is 2.96. The van der Waals surface area contributed by atoms with Crippen LogP contribution in [-0.2, 0) is 7.05 Å². The zero-order valence-corrected chi connectivity index (χ0v) is 13.5. The summed E-state index contributed by atoms with van der Waals surface area (Å²) < 4.78 is 21.3. The fourth-order valence-electron chi connectivity index (χ4n) is 2.65. The molecule has 3 rings (SSSR count). The molecule has 0 bridgehead atoms. The molecule has 8 nitrogen and oxygen atoms in total. The van der Waals surface area contributed by atoms with E-state index in [1.807, 2.05) is 11.9 Å². The number of aryl methyl sites for hydroxylation is 1. The number of hydrogen-bond donors (Lipinski definition) is 1. The summed E-state index contributed by atoms with van der Waals surface area (Å²) in [6.07, 6.45) is 1.93. The molecule has 0 saturated carbocycles. The van der Waals surface area contributed by atoms with Crippen molar-refractivity contribution in [3.63, 3.8) is 0 Å². The van der Waals surface area contributed by atoms with Gasteiger partial charge >= 0.3 is 0 Å². The second-order valence-electron chi connectivity index (χ2n) is 5.94. The Balaban J connectivity index is 1.86. The fraction of sp³-hybridized carbons (Fsp3) is 0.467. The highest BCUT2D eigenvalue weighted by Crippen LogP contribution is 2.26. The van der Waals surface area contributed by atoms with E-state index in [0.717, 1.165) is 0 Å². The lowest BCUT2D eigenvalue weighted by atomic mass is 10.1. The van der Waals surface area contributed by atoms with E-state index in [9.17, 15) is 9.18 Å². The summed E-state index contributed by atoms with van der Waals surface area (Å²) in [6, 6.07) is 1.54. The molecule has 2 aromatic heterocycles. The predicted octanol–water partition coefficient (Wildman–Crippen LogP) is 0.397. The van der Waals surface area contributed by atoms with E-state index in [1.54, 1.807) is 13.2 Å². The molecule has 0 aliphatic carbocycles. The highest BCUT2D eigenvalue weighted by atomic mass is 19.1. The largest absolute Gasteiger partial charge is 0.471 e. The Hall–Kier alpha value is -2.55. The third-order valence-electron chi connectivity index (χ3n) is 3.96. The van der Waals surface area contributed by atoms with E-state index < -0.39 is 18.2 Å². The Morgan fingerprint density at radius 3 is 2.88 bits per heavy atom. The van der Waals surface area contributed by atoms with Crippen molar-refractivity contribution in [1.82, 2.24) is 24.9 Å². The van der Waals surface area contributed by atoms with Gasteiger partial charge < -0.3 is 15.4 Å². The zero-order valence-electron chi connectivity index (χ0n) is 13.5. The van der Waals surface area contributed by atoms with Gasteiger partial charge in [0.05, 0.1) is 6.20 Å². The fourth-order valence-corrected chi connectivity index (χ4v) is 2.65. The first-order valence-corrected chi connectivity index (χ1v) is 7.60. The SMILES string of the molecule is CN1CC[C@@H](Oc2ncc(-c3cn(C)nn3)cc2C(N)=O)[C@@H](F)C1. The topological polar surface area (TPSA) is 99.2 Å². The minimum Gasteiger partial charge on any atom is -0.471 e. The Bertz CT molecular complexity index is 749. The number of pyridine rings is 1. The van der Waals surface area contributed by atoms with Crippen molar-refractivity contribution in [3.05, 3.63) is 24.0 Å². The molecule has 2 aromatic rings. The lowest BCUT2D eigenvalue weighted by molar-refractivity contribution is 0.0280. The summed E-state index contributed by atoms with van der Waals surface area (Å²) in [5.41, 5.74) is 6.67. The molecule has 24 heavy (non-hydrogen) atoms. The molecular formula is C15H19FN6O2. The average molecular weight is 334 g/mol. The van der Waals surface area contributed by atoms with Gasteiger partial charge in [0, 0.05) is 31.9 Å². The second kappa shape index (κ2) is 6.52. The number of ether oxygens (including phenoxy) is 1. The maximum absolute atomic E-state index is 14.1. The number of piperidine rings is 1. The van der Waals surface area contributed by atoms with Gasteiger partial charge in [0.15, 0.2) is 0 Å². The number of amides is 1. The van der Waals surface area contributed by atoms with Crippen LogP contribution in [0.1, 0.15) is 16.8 Å². The lowest BCUT2D eigenvalue weighted by Crippen LogP contribution is -2.45. The Kier molecular flexibility index (Phi) is 4.43. The molecule has 9 heteroatoms. The molecule has 1 aliphatic heterocycles. The summed E-state index contributed by atoms with van der Waals surface area (Å²) in [7, 11) is 3.59. The van der Waals surface area contributed by atoms with Crippen molar-refractivity contribution >= 4 is 5.91 Å². The monoisotopic (exact) mass is 334 g/mol. The van der Waals surface area contributed by atoms with Gasteiger partial charge in [-0.15, -0.1) is 5.10 Å². The van der Waals surface area contributed by atoms with Crippen molar-refractivity contribution in [3.8, 4) is 17.1 Å². The Morgan fingerprint density at radius 2 is 2.25 bits per heavy atom. The minimum absolute atomic E-state index is 0.0485. The van der Waals surface area contributed by atoms with Gasteiger partial charge in [-0.2, -0.15) is 0 Å². The number of carbonyl (C=O) groups is 1. The number of alkyl halides is 1. The maximum Gasteiger partial charge on any atom is 0.254 e. The number of carbonyl (C=O) groups excluding carboxylic acids is 1. The second-order valence-corrected chi connectivity index (χ2v) is 5.94. The van der Waals surface area contributed by atoms with Crippen molar-refractivity contribution in [1.29, 1.82) is 0 Å². The van der Waals surface area contributed by atoms with Gasteiger partial charge in [-0.3, -0.25) is 9.48 Å². The molecule has 128 valence electrons. The number of rotatable bonds is 4. The van der Waals surface area contributed by atoms with Crippen molar-refractivity contribution in [2.45, 2.75) is 18.7 Å². The summed E-state index contributed by atoms with van der Waals surface area (Å²) in [5.74, 6) is -0.640. The van der Waals surface area contributed by atoms with Gasteiger partial charge in [-0.1, -0.05) is 5.21 Å². The third kappa shape index (κ3) is 3.35. The lowest BCUT2D eigenvalue weighted by Gasteiger charge is -2.32. The molecule has 1 aliphatic rings. The molecule has 0 aromatic carbocycles. The molecule has 1 fully saturated rings. The van der Waals surface area contributed by atoms with Crippen LogP contribution in [-0.4, -0.2) is 63.2 Å². The number of likely N-dealkylation sites (tertiary alicyclic amines) is 1. The van der Waals surface area contributed by atoms with Crippen LogP contribution in [0, 0.1) is 0 Å². The highest BCUT2D eigenvalue weighted by molar-refractivity contribution is 5.96. The number of primary amides is 1. The number of nitrogens with zero attached hydrogens (tertiary/aromatic N) is 5. The van der Waals surface area contributed by atoms with Crippen LogP contribution < -0.4 is 10.5 Å². The zero-order chi connectivity index (χ0) is 17.3. The smallest absolute Gasteiger partial charge is 0.254 e. The summed E-state index contributed by atoms with van der Waals surface area (Å²) in [5, 5.41) is 7.80. The standard InChI is InChI=1S/C15H19FN6O2/c1-21-4-3-13(11(16)7-21)24-15-10(14(17)23)5-9(6-18-15)12-8-22(2)20-19-12/h5-6,8,11,13H,3-4,7H2,1-2H3,(H2,17,23)/t11-,13+/m0/s1. The van der Waals surface area contributed by atoms with E-state index >= 15 is 0 Å². The van der Waals surface area contributed by atoms with E-state index in [2.05, 4.69) is 15.3 Å². The minimum atomic E-state index is -1.15. The van der Waals surface area contributed by atoms with Crippen LogP contribution in [0.3, 0.4) is 0 Å². The molecule has 1 saturated heterocycles. The first-order chi connectivity index (χ1) is 11.4. The van der Waals surface area contributed by atoms with E-state index in [0.29, 0.717) is 24.2 Å². The van der Waals surface area contributed by atoms with Crippen LogP contribution in [0.25, 0.3) is 11.3 Å². The van der Waals surface area contributed by atoms with E-state index in [4.69, 9.17) is 10.5 Å². The Labute approximate surface area is 138 Å².